The van der Waals surface area contributed by atoms with E-state index in [0.717, 1.165) is 199 Å². The van der Waals surface area contributed by atoms with E-state index in [1.807, 2.05) is 130 Å². The quantitative estimate of drug-likeness (QED) is 0.0147. The number of aldehydes is 2. The number of hydrogen-bond donors (Lipinski definition) is 5. The number of ether oxygens (including phenoxy) is 1. The van der Waals surface area contributed by atoms with E-state index < -0.39 is 11.2 Å². The number of hydrogen-bond acceptors (Lipinski definition) is 23. The largest absolute Gasteiger partial charge is 0.507 e. The average molecular weight is 1730 g/mol. The number of carbonyl (C=O) groups is 4. The van der Waals surface area contributed by atoms with Gasteiger partial charge in [-0.1, -0.05) is 130 Å². The lowest BCUT2D eigenvalue weighted by Crippen LogP contribution is -2.46. The summed E-state index contributed by atoms with van der Waals surface area (Å²) in [6.45, 7) is 22.4. The first-order valence-electron chi connectivity index (χ1n) is 40.3. The number of anilines is 1. The molecule has 124 heavy (non-hydrogen) atoms. The van der Waals surface area contributed by atoms with Gasteiger partial charge < -0.3 is 67.4 Å². The van der Waals surface area contributed by atoms with Crippen molar-refractivity contribution >= 4 is 117 Å². The van der Waals surface area contributed by atoms with E-state index in [1.165, 1.54) is 42.1 Å². The third-order valence-corrected chi connectivity index (χ3v) is 22.1. The second-order valence-corrected chi connectivity index (χ2v) is 31.7. The molecule has 0 atom stereocenters. The molecule has 0 spiro atoms. The Balaban J connectivity index is 0.000000238. The van der Waals surface area contributed by atoms with Gasteiger partial charge in [-0.25, -0.2) is 38.6 Å². The Morgan fingerprint density at radius 3 is 1.27 bits per heavy atom. The number of thioether (sulfide) groups is 1. The number of pyridine rings is 1. The summed E-state index contributed by atoms with van der Waals surface area (Å²) in [5, 5.41) is 23.6. The Bertz CT molecular complexity index is 5760. The zero-order valence-electron chi connectivity index (χ0n) is 68.7. The summed E-state index contributed by atoms with van der Waals surface area (Å²) >= 11 is 7.20. The molecule has 2 amide bonds. The van der Waals surface area contributed by atoms with Gasteiger partial charge in [0.1, 0.15) is 51.4 Å². The molecule has 0 saturated carbocycles. The molecular formula is C96H112BClFN8O16S. The highest BCUT2D eigenvalue weighted by Crippen LogP contribution is 2.31. The Labute approximate surface area is 733 Å². The van der Waals surface area contributed by atoms with Crippen LogP contribution in [0.5, 0.6) is 5.75 Å². The molecule has 4 aliphatic rings. The molecule has 655 valence electrons. The highest BCUT2D eigenvalue weighted by atomic mass is 35.5. The van der Waals surface area contributed by atoms with Crippen LogP contribution in [0.3, 0.4) is 0 Å². The number of aromatic hydroxyl groups is 1. The van der Waals surface area contributed by atoms with Crippen molar-refractivity contribution in [2.75, 3.05) is 70.0 Å². The van der Waals surface area contributed by atoms with Crippen molar-refractivity contribution in [3.05, 3.63) is 304 Å². The number of likely N-dealkylation sites (tertiary alicyclic amines) is 3. The second-order valence-electron chi connectivity index (χ2n) is 30.5. The van der Waals surface area contributed by atoms with Gasteiger partial charge in [0, 0.05) is 136 Å². The van der Waals surface area contributed by atoms with E-state index in [0.29, 0.717) is 77.2 Å². The summed E-state index contributed by atoms with van der Waals surface area (Å²) in [6, 6.07) is 55.6. The molecule has 3 saturated heterocycles. The molecule has 0 unspecified atom stereocenters. The molecule has 10 heterocycles. The lowest BCUT2D eigenvalue weighted by atomic mass is 10.0. The molecule has 0 aliphatic carbocycles. The zero-order valence-corrected chi connectivity index (χ0v) is 70.2. The number of piperidine rings is 3. The second kappa shape index (κ2) is 49.6. The van der Waals surface area contributed by atoms with Crippen LogP contribution in [-0.4, -0.2) is 146 Å². The number of aromatic nitrogens is 1. The molecule has 3 radical (unpaired) electrons. The van der Waals surface area contributed by atoms with Gasteiger partial charge >= 0.3 is 34.2 Å². The molecule has 0 bridgehead atoms. The van der Waals surface area contributed by atoms with Crippen molar-refractivity contribution in [1.82, 2.24) is 35.2 Å². The number of rotatable bonds is 21. The van der Waals surface area contributed by atoms with Crippen LogP contribution in [-0.2, 0) is 59.4 Å². The number of phenols is 1. The number of nitrogens with one attached hydrogen (secondary N) is 4. The van der Waals surface area contributed by atoms with Gasteiger partial charge in [0.25, 0.3) is 0 Å². The minimum atomic E-state index is -0.474. The van der Waals surface area contributed by atoms with Crippen molar-refractivity contribution < 1.29 is 57.2 Å². The maximum atomic E-state index is 11.9. The van der Waals surface area contributed by atoms with Gasteiger partial charge in [0.05, 0.1) is 21.9 Å². The van der Waals surface area contributed by atoms with Crippen LogP contribution in [0.4, 0.5) is 15.3 Å². The van der Waals surface area contributed by atoms with E-state index in [2.05, 4.69) is 53.6 Å². The van der Waals surface area contributed by atoms with Gasteiger partial charge in [-0.2, -0.15) is 0 Å². The molecule has 28 heteroatoms. The first-order valence-corrected chi connectivity index (χ1v) is 41.7. The lowest BCUT2D eigenvalue weighted by molar-refractivity contribution is -0.114. The Hall–Kier alpha value is -11.7. The maximum absolute atomic E-state index is 11.9. The predicted octanol–water partition coefficient (Wildman–Crippen LogP) is 16.2. The molecule has 3 fully saturated rings. The fourth-order valence-electron chi connectivity index (χ4n) is 14.5. The van der Waals surface area contributed by atoms with Crippen LogP contribution in [0.1, 0.15) is 125 Å². The number of phenolic OH excluding ortho intramolecular Hbond substituents is 1. The van der Waals surface area contributed by atoms with Crippen LogP contribution < -0.4 is 48.9 Å². The van der Waals surface area contributed by atoms with Gasteiger partial charge in [-0.05, 0) is 206 Å². The monoisotopic (exact) mass is 1730 g/mol. The number of amides is 2. The zero-order chi connectivity index (χ0) is 84.9. The third kappa shape index (κ3) is 29.5. The Morgan fingerprint density at radius 1 is 0.524 bits per heavy atom. The summed E-state index contributed by atoms with van der Waals surface area (Å²) in [4.78, 5) is 117. The number of allylic oxidation sites excluding steroid dienone is 2. The van der Waals surface area contributed by atoms with Crippen LogP contribution in [0.15, 0.2) is 258 Å². The van der Waals surface area contributed by atoms with Crippen LogP contribution in [0.25, 0.3) is 54.8 Å². The Morgan fingerprint density at radius 2 is 0.887 bits per heavy atom. The van der Waals surface area contributed by atoms with Gasteiger partial charge in [-0.3, -0.25) is 14.3 Å². The molecule has 12 aromatic rings. The van der Waals surface area contributed by atoms with Crippen molar-refractivity contribution in [2.45, 2.75) is 148 Å². The first-order chi connectivity index (χ1) is 58.1. The van der Waals surface area contributed by atoms with Crippen molar-refractivity contribution in [1.29, 1.82) is 0 Å². The summed E-state index contributed by atoms with van der Waals surface area (Å²) in [6.07, 6.45) is 14.9. The molecule has 16 rings (SSSR count). The number of benzene rings is 6. The molecular weight excluding hydrogens is 1620 g/mol. The van der Waals surface area contributed by atoms with Crippen molar-refractivity contribution in [3.63, 3.8) is 0 Å². The van der Waals surface area contributed by atoms with E-state index in [-0.39, 0.29) is 82.1 Å². The fourth-order valence-corrected chi connectivity index (χ4v) is 15.5. The maximum Gasteiger partial charge on any atom is 0.407 e. The van der Waals surface area contributed by atoms with Crippen LogP contribution in [0.2, 0.25) is 0 Å². The standard InChI is InChI=1S/C24H26N4O3S.C21H28N2O4.C16H19ClN2O2.C12H10O2.C11H8O3.C10H10O2.2CH4.B.FH.H2/c29-21-15-32-20-6-5-19(26-24(20)27-21)14-25-18-9-12-28(13-10-18)11-8-17-3-1-2-16-4-7-22(30)31-23(16)17;1-21(2,3)27-20(25)22-17-10-13-23(14-11-17)12-9-16-6-4-5-15-7-8-18(24)26-19(15)16;17-18-14-7-10-19(11-8-14)9-6-13-3-1-2-12-4-5-15(20)21-16(12)13;1-2-4-9-5-3-6-10-7-8-11(13)14-12(9)10;12-7-6-9-3-1-2-8-4-5-10(13)14-11(8)9;1-2-4-8-5-3-6-9(7-11)10(8)12;;;;;/h1-7,18,25H,8-15H2,(H,26,27,29);4-8,17H,9-14H2,1-3H3,(H,22,25);1-5,14,18H,6-11H2;2-3,5-8H,1,4H2;1-5,7H,6H2;2-3,5-7,12H,1,4H2;2*1H4;;2*1H/i;;;;;;;;;;1+1. The minimum Gasteiger partial charge on any atom is -0.507 e. The SMILES string of the molecule is C.C.C=CCc1cccc(C=O)c1O.C=CCc1cccc2ccc(=O)oc12.CC(C)(C)OC(=O)NC1CCN(CCc2cccc3ccc(=O)oc23)CC1.F.O=C1CSc2ccc(CNC3CCN(CCc4cccc5ccc(=O)oc45)CC3)nc2N1.O=CCc1cccc2ccc(=O)oc12.O=c1ccc2cccc(CCN3CCC(NCl)CC3)c2o1.[2HH].[B]. The van der Waals surface area contributed by atoms with Crippen molar-refractivity contribution in [3.8, 4) is 5.75 Å². The fraction of sp³-hybridized carbons (Fsp3) is 0.333. The van der Waals surface area contributed by atoms with E-state index in [9.17, 15) is 48.3 Å². The third-order valence-electron chi connectivity index (χ3n) is 20.8. The van der Waals surface area contributed by atoms with E-state index in [1.54, 1.807) is 54.6 Å². The normalized spacial score (nSPS) is 14.2. The predicted molar refractivity (Wildman–Crippen MR) is 496 cm³/mol. The van der Waals surface area contributed by atoms with Gasteiger partial charge in [-0.15, -0.1) is 24.9 Å². The van der Waals surface area contributed by atoms with E-state index >= 15 is 0 Å². The number of fused-ring (bicyclic) bond motifs is 6. The molecule has 4 aliphatic heterocycles. The van der Waals surface area contributed by atoms with Crippen LogP contribution >= 0.6 is 23.5 Å². The summed E-state index contributed by atoms with van der Waals surface area (Å²) in [7, 11) is 0. The molecule has 6 aromatic carbocycles. The number of carbonyl (C=O) groups excluding carboxylic acids is 4. The number of para-hydroxylation sites is 6. The number of nitrogens with zero attached hydrogens (tertiary/aromatic N) is 4. The van der Waals surface area contributed by atoms with Crippen LogP contribution in [0, 0.1) is 0 Å². The highest BCUT2D eigenvalue weighted by Gasteiger charge is 2.26. The molecule has 24 nitrogen and oxygen atoms in total. The minimum absolute atomic E-state index is 0. The topological polar surface area (TPSA) is 320 Å². The van der Waals surface area contributed by atoms with Crippen molar-refractivity contribution in [2.24, 2.45) is 0 Å². The average Bonchev–Trinajstić information content (AvgIpc) is 0.832. The number of alkyl carbamates (subject to hydrolysis) is 1. The smallest absolute Gasteiger partial charge is 0.407 e. The van der Waals surface area contributed by atoms with Gasteiger partial charge in [0.2, 0.25) is 5.91 Å². The van der Waals surface area contributed by atoms with Gasteiger partial charge in [0.15, 0.2) is 6.29 Å². The summed E-state index contributed by atoms with van der Waals surface area (Å²) in [5.41, 5.74) is 8.21. The first kappa shape index (κ1) is 99.4. The highest BCUT2D eigenvalue weighted by molar-refractivity contribution is 8.00. The summed E-state index contributed by atoms with van der Waals surface area (Å²) in [5.74, 6) is 1.22. The molecule has 6 aromatic heterocycles. The number of halogens is 2. The van der Waals surface area contributed by atoms with E-state index in [4.69, 9.17) is 38.6 Å². The lowest BCUT2D eigenvalue weighted by Gasteiger charge is -2.32. The Kier molecular flexibility index (Phi) is 39.7. The summed E-state index contributed by atoms with van der Waals surface area (Å²) < 4.78 is 31.7. The molecule has 5 N–H and O–H groups in total.